The van der Waals surface area contributed by atoms with E-state index < -0.39 is 0 Å². The van der Waals surface area contributed by atoms with E-state index in [1.165, 1.54) is 27.5 Å². The van der Waals surface area contributed by atoms with Crippen LogP contribution in [0.4, 0.5) is 0 Å². The molecule has 0 saturated carbocycles. The van der Waals surface area contributed by atoms with Crippen LogP contribution < -0.4 is 24.8 Å². The third-order valence-electron chi connectivity index (χ3n) is 3.63. The number of benzene rings is 1. The normalized spacial score (nSPS) is 10.2. The van der Waals surface area contributed by atoms with E-state index in [0.717, 1.165) is 6.42 Å². The first-order chi connectivity index (χ1) is 8.02. The Kier molecular flexibility index (Phi) is 10.3. The van der Waals surface area contributed by atoms with E-state index in [1.54, 1.807) is 0 Å². The summed E-state index contributed by atoms with van der Waals surface area (Å²) in [5, 5.41) is 2.89. The molecule has 0 aliphatic carbocycles. The van der Waals surface area contributed by atoms with Crippen LogP contribution in [0.5, 0.6) is 0 Å². The zero-order chi connectivity index (χ0) is 12.6. The third kappa shape index (κ3) is 4.56. The van der Waals surface area contributed by atoms with Crippen molar-refractivity contribution in [2.45, 2.75) is 52.9 Å². The van der Waals surface area contributed by atoms with Crippen LogP contribution in [0.3, 0.4) is 0 Å². The molecule has 0 bridgehead atoms. The van der Waals surface area contributed by atoms with Gasteiger partial charge in [-0.1, -0.05) is 51.8 Å². The quantitative estimate of drug-likeness (QED) is 0.513. The fraction of sp³-hybridized carbons (Fsp3) is 0.471. The number of fused-ring (bicyclic) bond motifs is 1. The second-order valence-corrected chi connectivity index (χ2v) is 5.64. The molecule has 0 heterocycles. The molecule has 20 heavy (non-hydrogen) atoms. The third-order valence-corrected chi connectivity index (χ3v) is 3.63. The van der Waals surface area contributed by atoms with Crippen LogP contribution in [0.25, 0.3) is 10.8 Å². The molecule has 0 spiro atoms. The van der Waals surface area contributed by atoms with Gasteiger partial charge in [0.05, 0.1) is 0 Å². The van der Waals surface area contributed by atoms with Crippen LogP contribution in [0.2, 0.25) is 0 Å². The van der Waals surface area contributed by atoms with E-state index >= 15 is 0 Å². The van der Waals surface area contributed by atoms with Crippen LogP contribution in [-0.2, 0) is 28.1 Å². The fourth-order valence-electron chi connectivity index (χ4n) is 2.45. The molecule has 0 atom stereocenters. The van der Waals surface area contributed by atoms with Gasteiger partial charge in [0, 0.05) is 0 Å². The SMILES string of the molecule is CCc1cc2c(C(C)C)cc(C(C)C)cc2[cH-]1.[Cl-].[Cl-].[Ti+3]. The molecule has 0 fully saturated rings. The predicted molar refractivity (Wildman–Crippen MR) is 77.1 cm³/mol. The van der Waals surface area contributed by atoms with Gasteiger partial charge in [-0.2, -0.15) is 6.07 Å². The van der Waals surface area contributed by atoms with Gasteiger partial charge in [0.1, 0.15) is 0 Å². The molecule has 2 aromatic rings. The number of rotatable bonds is 3. The smallest absolute Gasteiger partial charge is 1.00 e. The molecule has 2 aromatic carbocycles. The standard InChI is InChI=1S/C17H23.2ClH.Ti/c1-6-13-7-15-9-14(11(2)3)10-16(12(4)5)17(15)8-13;;;/h7-12H,6H2,1-5H3;2*1H;/q-1;;;+3/p-2. The van der Waals surface area contributed by atoms with Gasteiger partial charge >= 0.3 is 21.7 Å². The summed E-state index contributed by atoms with van der Waals surface area (Å²) in [6, 6.07) is 9.49. The summed E-state index contributed by atoms with van der Waals surface area (Å²) in [6.07, 6.45) is 1.13. The minimum absolute atomic E-state index is 0. The van der Waals surface area contributed by atoms with Crippen molar-refractivity contribution in [2.75, 3.05) is 0 Å². The van der Waals surface area contributed by atoms with Crippen LogP contribution in [0.15, 0.2) is 24.3 Å². The van der Waals surface area contributed by atoms with E-state index in [9.17, 15) is 0 Å². The van der Waals surface area contributed by atoms with Gasteiger partial charge in [-0.25, -0.2) is 0 Å². The Bertz CT molecular complexity index is 527. The number of halogens is 2. The molecule has 0 saturated heterocycles. The minimum Gasteiger partial charge on any atom is -1.00 e. The van der Waals surface area contributed by atoms with Crippen molar-refractivity contribution in [3.63, 3.8) is 0 Å². The summed E-state index contributed by atoms with van der Waals surface area (Å²) in [6.45, 7) is 11.4. The topological polar surface area (TPSA) is 0 Å². The van der Waals surface area contributed by atoms with E-state index in [4.69, 9.17) is 0 Å². The molecular formula is C17H23Cl2Ti. The maximum absolute atomic E-state index is 2.40. The number of aryl methyl sites for hydroxylation is 1. The summed E-state index contributed by atoms with van der Waals surface area (Å²) in [7, 11) is 0. The van der Waals surface area contributed by atoms with Crippen molar-refractivity contribution in [1.82, 2.24) is 0 Å². The van der Waals surface area contributed by atoms with Gasteiger partial charge in [0.15, 0.2) is 0 Å². The molecule has 0 aliphatic heterocycles. The van der Waals surface area contributed by atoms with E-state index in [0.29, 0.717) is 11.8 Å². The summed E-state index contributed by atoms with van der Waals surface area (Å²) in [5.74, 6) is 1.21. The minimum atomic E-state index is 0. The maximum Gasteiger partial charge on any atom is 3.00 e. The Balaban J connectivity index is 0. The van der Waals surface area contributed by atoms with Gasteiger partial charge < -0.3 is 24.8 Å². The largest absolute Gasteiger partial charge is 3.00 e. The average molecular weight is 346 g/mol. The molecule has 0 nitrogen and oxygen atoms in total. The number of hydrogen-bond acceptors (Lipinski definition) is 0. The molecule has 0 amide bonds. The van der Waals surface area contributed by atoms with Crippen LogP contribution in [-0.4, -0.2) is 0 Å². The second kappa shape index (κ2) is 9.20. The van der Waals surface area contributed by atoms with Crippen molar-refractivity contribution >= 4 is 10.8 Å². The molecule has 0 aliphatic rings. The first-order valence-electron chi connectivity index (χ1n) is 6.76. The fourth-order valence-corrected chi connectivity index (χ4v) is 2.45. The molecule has 0 aromatic heterocycles. The van der Waals surface area contributed by atoms with Gasteiger partial charge in [-0.05, 0) is 18.3 Å². The van der Waals surface area contributed by atoms with E-state index in [2.05, 4.69) is 58.9 Å². The van der Waals surface area contributed by atoms with Crippen LogP contribution in [0.1, 0.15) is 63.1 Å². The zero-order valence-corrected chi connectivity index (χ0v) is 16.0. The Labute approximate surface area is 150 Å². The Morgan fingerprint density at radius 2 is 1.55 bits per heavy atom. The van der Waals surface area contributed by atoms with Crippen molar-refractivity contribution < 1.29 is 46.5 Å². The molecule has 0 N–H and O–H groups in total. The van der Waals surface area contributed by atoms with Gasteiger partial charge in [0.25, 0.3) is 0 Å². The van der Waals surface area contributed by atoms with Crippen molar-refractivity contribution in [2.24, 2.45) is 0 Å². The van der Waals surface area contributed by atoms with Crippen LogP contribution >= 0.6 is 0 Å². The first-order valence-corrected chi connectivity index (χ1v) is 6.76. The number of hydrogen-bond donors (Lipinski definition) is 0. The second-order valence-electron chi connectivity index (χ2n) is 5.64. The molecular weight excluding hydrogens is 323 g/mol. The van der Waals surface area contributed by atoms with E-state index in [1.807, 2.05) is 0 Å². The van der Waals surface area contributed by atoms with Gasteiger partial charge in [0.2, 0.25) is 0 Å². The summed E-state index contributed by atoms with van der Waals surface area (Å²) in [5.41, 5.74) is 4.43. The monoisotopic (exact) mass is 345 g/mol. The molecule has 3 heteroatoms. The maximum atomic E-state index is 2.40. The van der Waals surface area contributed by atoms with Crippen LogP contribution in [0, 0.1) is 0 Å². The summed E-state index contributed by atoms with van der Waals surface area (Å²) >= 11 is 0. The first kappa shape index (κ1) is 22.4. The molecule has 0 unspecified atom stereocenters. The van der Waals surface area contributed by atoms with Gasteiger partial charge in [-0.3, -0.25) is 0 Å². The Morgan fingerprint density at radius 3 is 2.00 bits per heavy atom. The predicted octanol–water partition coefficient (Wildman–Crippen LogP) is -0.627. The Hall–Kier alpha value is 0.124. The Morgan fingerprint density at radius 1 is 0.950 bits per heavy atom. The zero-order valence-electron chi connectivity index (χ0n) is 12.9. The van der Waals surface area contributed by atoms with Crippen molar-refractivity contribution in [1.29, 1.82) is 0 Å². The molecule has 1 radical (unpaired) electrons. The summed E-state index contributed by atoms with van der Waals surface area (Å²) < 4.78 is 0. The molecule has 109 valence electrons. The van der Waals surface area contributed by atoms with Gasteiger partial charge in [-0.15, -0.1) is 28.5 Å². The summed E-state index contributed by atoms with van der Waals surface area (Å²) in [4.78, 5) is 0. The van der Waals surface area contributed by atoms with Crippen molar-refractivity contribution in [3.05, 3.63) is 41.0 Å². The average Bonchev–Trinajstić information content (AvgIpc) is 2.69. The van der Waals surface area contributed by atoms with E-state index in [-0.39, 0.29) is 46.5 Å². The molecule has 2 rings (SSSR count). The van der Waals surface area contributed by atoms with Crippen molar-refractivity contribution in [3.8, 4) is 0 Å².